The number of morpholine rings is 1. The number of pyridine rings is 1. The van der Waals surface area contributed by atoms with Gasteiger partial charge in [-0.3, -0.25) is 14.3 Å². The van der Waals surface area contributed by atoms with Crippen molar-refractivity contribution >= 4 is 5.95 Å². The average molecular weight is 494 g/mol. The van der Waals surface area contributed by atoms with Crippen molar-refractivity contribution in [2.45, 2.75) is 37.8 Å². The van der Waals surface area contributed by atoms with Gasteiger partial charge in [0.1, 0.15) is 11.9 Å². The molecule has 1 N–H and O–H groups in total. The van der Waals surface area contributed by atoms with E-state index in [1.54, 1.807) is 7.05 Å². The lowest BCUT2D eigenvalue weighted by Crippen LogP contribution is -2.41. The van der Waals surface area contributed by atoms with Crippen LogP contribution in [0.1, 0.15) is 37.4 Å². The Labute approximate surface area is 210 Å². The molecule has 0 bridgehead atoms. The summed E-state index contributed by atoms with van der Waals surface area (Å²) in [5.41, 5.74) is 1.33. The van der Waals surface area contributed by atoms with E-state index >= 15 is 0 Å². The van der Waals surface area contributed by atoms with Crippen LogP contribution in [0.4, 0.5) is 10.3 Å². The van der Waals surface area contributed by atoms with Gasteiger partial charge < -0.3 is 19.7 Å². The maximum atomic E-state index is 14.3. The van der Waals surface area contributed by atoms with E-state index in [0.29, 0.717) is 44.0 Å². The number of rotatable bonds is 7. The molecule has 2 fully saturated rings. The summed E-state index contributed by atoms with van der Waals surface area (Å²) >= 11 is 0. The minimum Gasteiger partial charge on any atom is -0.494 e. The van der Waals surface area contributed by atoms with Crippen LogP contribution in [-0.4, -0.2) is 53.4 Å². The van der Waals surface area contributed by atoms with Crippen molar-refractivity contribution in [3.63, 3.8) is 0 Å². The molecule has 2 saturated heterocycles. The first-order valence-corrected chi connectivity index (χ1v) is 12.6. The molecule has 2 aromatic heterocycles. The third-order valence-electron chi connectivity index (χ3n) is 6.91. The summed E-state index contributed by atoms with van der Waals surface area (Å²) in [6.45, 7) is 3.39. The first kappa shape index (κ1) is 24.4. The van der Waals surface area contributed by atoms with Gasteiger partial charge in [-0.2, -0.15) is 0 Å². The summed E-state index contributed by atoms with van der Waals surface area (Å²) in [7, 11) is 1.68. The molecule has 5 rings (SSSR count). The van der Waals surface area contributed by atoms with Crippen molar-refractivity contribution < 1.29 is 13.9 Å². The molecule has 9 heteroatoms. The first-order chi connectivity index (χ1) is 17.6. The Kier molecular flexibility index (Phi) is 7.58. The molecule has 4 heterocycles. The van der Waals surface area contributed by atoms with Gasteiger partial charge in [0.05, 0.1) is 31.6 Å². The van der Waals surface area contributed by atoms with E-state index in [1.807, 2.05) is 29.2 Å². The number of nitrogens with zero attached hydrogens (tertiary/aromatic N) is 4. The van der Waals surface area contributed by atoms with Crippen LogP contribution in [0.2, 0.25) is 0 Å². The van der Waals surface area contributed by atoms with Crippen LogP contribution in [0, 0.1) is 5.82 Å². The summed E-state index contributed by atoms with van der Waals surface area (Å²) in [4.78, 5) is 23.1. The van der Waals surface area contributed by atoms with Crippen molar-refractivity contribution in [3.8, 4) is 17.0 Å². The molecule has 190 valence electrons. The Balaban J connectivity index is 1.26. The van der Waals surface area contributed by atoms with Crippen molar-refractivity contribution in [1.82, 2.24) is 19.9 Å². The van der Waals surface area contributed by atoms with Crippen LogP contribution < -0.4 is 20.5 Å². The van der Waals surface area contributed by atoms with Crippen molar-refractivity contribution in [2.24, 2.45) is 7.05 Å². The molecule has 0 spiro atoms. The summed E-state index contributed by atoms with van der Waals surface area (Å²) < 4.78 is 27.8. The fraction of sp³-hybridized carbons (Fsp3) is 0.444. The average Bonchev–Trinajstić information content (AvgIpc) is 2.91. The molecular formula is C27H32FN5O3. The number of halogens is 1. The fourth-order valence-corrected chi connectivity index (χ4v) is 4.83. The second kappa shape index (κ2) is 11.2. The van der Waals surface area contributed by atoms with Gasteiger partial charge in [-0.05, 0) is 49.6 Å². The summed E-state index contributed by atoms with van der Waals surface area (Å²) in [6, 6.07) is 11.4. The molecule has 0 amide bonds. The minimum absolute atomic E-state index is 0.183. The zero-order valence-corrected chi connectivity index (χ0v) is 20.5. The molecule has 3 aromatic rings. The van der Waals surface area contributed by atoms with Crippen LogP contribution in [0.3, 0.4) is 0 Å². The van der Waals surface area contributed by atoms with E-state index in [4.69, 9.17) is 9.47 Å². The van der Waals surface area contributed by atoms with E-state index in [2.05, 4.69) is 15.3 Å². The quantitative estimate of drug-likeness (QED) is 0.540. The highest BCUT2D eigenvalue weighted by Crippen LogP contribution is 2.28. The number of anilines is 1. The standard InChI is InChI=1S/C27H32FN5O3/c1-32-26(34)16-24(22-9-12-29-17-23(22)28)31-27(32)33-13-15-36-25(18-33)19-5-7-21(8-6-19)35-14-10-20-4-2-3-11-30-20/h5-9,12,16-17,20,25,30H,2-4,10-11,13-15,18H2,1H3/t20?,25-/m1/s1. The van der Waals surface area contributed by atoms with E-state index in [9.17, 15) is 9.18 Å². The second-order valence-corrected chi connectivity index (χ2v) is 9.35. The highest BCUT2D eigenvalue weighted by atomic mass is 19.1. The number of ether oxygens (including phenoxy) is 2. The predicted molar refractivity (Wildman–Crippen MR) is 136 cm³/mol. The molecule has 0 radical (unpaired) electrons. The van der Waals surface area contributed by atoms with E-state index in [-0.39, 0.29) is 17.2 Å². The number of hydrogen-bond donors (Lipinski definition) is 1. The van der Waals surface area contributed by atoms with Gasteiger partial charge in [-0.15, -0.1) is 0 Å². The van der Waals surface area contributed by atoms with Gasteiger partial charge in [0.2, 0.25) is 5.95 Å². The number of aromatic nitrogens is 3. The van der Waals surface area contributed by atoms with Crippen molar-refractivity contribution in [1.29, 1.82) is 0 Å². The smallest absolute Gasteiger partial charge is 0.255 e. The maximum Gasteiger partial charge on any atom is 0.255 e. The number of nitrogens with one attached hydrogen (secondary N) is 1. The molecule has 0 saturated carbocycles. The van der Waals surface area contributed by atoms with Gasteiger partial charge in [-0.25, -0.2) is 9.37 Å². The zero-order valence-electron chi connectivity index (χ0n) is 20.5. The molecule has 36 heavy (non-hydrogen) atoms. The Morgan fingerprint density at radius 3 is 2.86 bits per heavy atom. The first-order valence-electron chi connectivity index (χ1n) is 12.6. The van der Waals surface area contributed by atoms with Crippen LogP contribution in [0.15, 0.2) is 53.6 Å². The molecule has 2 aliphatic rings. The van der Waals surface area contributed by atoms with Crippen LogP contribution in [-0.2, 0) is 11.8 Å². The minimum atomic E-state index is -0.513. The van der Waals surface area contributed by atoms with E-state index in [1.165, 1.54) is 42.2 Å². The van der Waals surface area contributed by atoms with E-state index < -0.39 is 5.82 Å². The summed E-state index contributed by atoms with van der Waals surface area (Å²) in [5, 5.41) is 3.55. The largest absolute Gasteiger partial charge is 0.494 e. The van der Waals surface area contributed by atoms with Crippen molar-refractivity contribution in [3.05, 3.63) is 70.5 Å². The second-order valence-electron chi connectivity index (χ2n) is 9.35. The Morgan fingerprint density at radius 2 is 2.08 bits per heavy atom. The van der Waals surface area contributed by atoms with E-state index in [0.717, 1.165) is 30.5 Å². The van der Waals surface area contributed by atoms with Crippen LogP contribution >= 0.6 is 0 Å². The summed E-state index contributed by atoms with van der Waals surface area (Å²) in [5.74, 6) is 0.818. The molecular weight excluding hydrogens is 461 g/mol. The molecule has 2 aliphatic heterocycles. The normalized spacial score (nSPS) is 20.3. The highest BCUT2D eigenvalue weighted by molar-refractivity contribution is 5.60. The topological polar surface area (TPSA) is 81.5 Å². The summed E-state index contributed by atoms with van der Waals surface area (Å²) in [6.07, 6.45) is 7.22. The SMILES string of the molecule is Cn1c(N2CCO[C@@H](c3ccc(OCCC4CCCCN4)cc3)C2)nc(-c2ccncc2F)cc1=O. The monoisotopic (exact) mass is 493 g/mol. The van der Waals surface area contributed by atoms with Gasteiger partial charge in [0, 0.05) is 37.5 Å². The molecule has 8 nitrogen and oxygen atoms in total. The number of piperidine rings is 1. The lowest BCUT2D eigenvalue weighted by molar-refractivity contribution is 0.0389. The third-order valence-corrected chi connectivity index (χ3v) is 6.91. The third kappa shape index (κ3) is 5.57. The predicted octanol–water partition coefficient (Wildman–Crippen LogP) is 3.47. The molecule has 1 unspecified atom stereocenters. The van der Waals surface area contributed by atoms with Crippen LogP contribution in [0.25, 0.3) is 11.3 Å². The molecule has 2 atom stereocenters. The van der Waals surface area contributed by atoms with Gasteiger partial charge >= 0.3 is 0 Å². The lowest BCUT2D eigenvalue weighted by Gasteiger charge is -2.34. The highest BCUT2D eigenvalue weighted by Gasteiger charge is 2.25. The molecule has 0 aliphatic carbocycles. The lowest BCUT2D eigenvalue weighted by atomic mass is 10.0. The van der Waals surface area contributed by atoms with Gasteiger partial charge in [-0.1, -0.05) is 18.6 Å². The maximum absolute atomic E-state index is 14.3. The van der Waals surface area contributed by atoms with Gasteiger partial charge in [0.15, 0.2) is 5.82 Å². The Bertz CT molecular complexity index is 1230. The zero-order chi connectivity index (χ0) is 24.9. The van der Waals surface area contributed by atoms with Crippen molar-refractivity contribution in [2.75, 3.05) is 37.7 Å². The molecule has 1 aromatic carbocycles. The van der Waals surface area contributed by atoms with Crippen LogP contribution in [0.5, 0.6) is 5.75 Å². The fourth-order valence-electron chi connectivity index (χ4n) is 4.83. The Hall–Kier alpha value is -3.30. The Morgan fingerprint density at radius 1 is 1.22 bits per heavy atom. The number of hydrogen-bond acceptors (Lipinski definition) is 7. The number of benzene rings is 1. The van der Waals surface area contributed by atoms with Gasteiger partial charge in [0.25, 0.3) is 5.56 Å².